The summed E-state index contributed by atoms with van der Waals surface area (Å²) in [4.78, 5) is 9.97. The molecular formula is C29H40N4. The number of hydrogen-bond donors (Lipinski definition) is 1. The Bertz CT molecular complexity index is 1020. The van der Waals surface area contributed by atoms with E-state index in [0.717, 1.165) is 58.1 Å². The number of nitrogens with one attached hydrogen (secondary N) is 1. The van der Waals surface area contributed by atoms with Gasteiger partial charge in [0.15, 0.2) is 0 Å². The minimum absolute atomic E-state index is 0.121. The van der Waals surface area contributed by atoms with Gasteiger partial charge in [-0.25, -0.2) is 0 Å². The highest BCUT2D eigenvalue weighted by Crippen LogP contribution is 2.28. The van der Waals surface area contributed by atoms with Crippen molar-refractivity contribution in [2.24, 2.45) is 4.99 Å². The van der Waals surface area contributed by atoms with Gasteiger partial charge in [0.25, 0.3) is 0 Å². The molecule has 0 spiro atoms. The Morgan fingerprint density at radius 1 is 0.970 bits per heavy atom. The van der Waals surface area contributed by atoms with E-state index in [1.54, 1.807) is 0 Å². The highest BCUT2D eigenvalue weighted by Gasteiger charge is 2.21. The number of rotatable bonds is 7. The predicted molar refractivity (Wildman–Crippen MR) is 142 cm³/mol. The van der Waals surface area contributed by atoms with Gasteiger partial charge in [-0.1, -0.05) is 62.7 Å². The smallest absolute Gasteiger partial charge is 0.0654 e. The summed E-state index contributed by atoms with van der Waals surface area (Å²) in [7, 11) is 0. The van der Waals surface area contributed by atoms with Crippen LogP contribution >= 0.6 is 0 Å². The number of benzene rings is 2. The summed E-state index contributed by atoms with van der Waals surface area (Å²) >= 11 is 0. The van der Waals surface area contributed by atoms with Gasteiger partial charge >= 0.3 is 0 Å². The van der Waals surface area contributed by atoms with Crippen molar-refractivity contribution in [2.45, 2.75) is 40.0 Å². The molecule has 0 amide bonds. The first-order valence-electron chi connectivity index (χ1n) is 12.4. The van der Waals surface area contributed by atoms with Gasteiger partial charge in [-0.05, 0) is 48.1 Å². The monoisotopic (exact) mass is 444 g/mol. The first kappa shape index (κ1) is 23.7. The first-order valence-corrected chi connectivity index (χ1v) is 12.4. The van der Waals surface area contributed by atoms with Crippen LogP contribution in [0.15, 0.2) is 59.1 Å². The molecule has 1 N–H and O–H groups in total. The SMILES string of the molecule is Cc1ccc(N2CCN(CCNCC3=CC(c4ccccc4C(C)(C)C)=NC3)CC2)c(C)c1. The summed E-state index contributed by atoms with van der Waals surface area (Å²) in [5.41, 5.74) is 9.42. The molecule has 2 aliphatic heterocycles. The molecule has 0 aromatic heterocycles. The molecule has 4 nitrogen and oxygen atoms in total. The summed E-state index contributed by atoms with van der Waals surface area (Å²) in [5, 5.41) is 3.65. The van der Waals surface area contributed by atoms with Crippen molar-refractivity contribution >= 4 is 11.4 Å². The second kappa shape index (κ2) is 10.2. The summed E-state index contributed by atoms with van der Waals surface area (Å²) in [6, 6.07) is 15.5. The van der Waals surface area contributed by atoms with Crippen molar-refractivity contribution in [3.8, 4) is 0 Å². The fourth-order valence-corrected chi connectivity index (χ4v) is 4.96. The van der Waals surface area contributed by atoms with E-state index in [-0.39, 0.29) is 5.41 Å². The zero-order chi connectivity index (χ0) is 23.4. The maximum Gasteiger partial charge on any atom is 0.0654 e. The van der Waals surface area contributed by atoms with E-state index in [9.17, 15) is 0 Å². The first-order chi connectivity index (χ1) is 15.8. The standard InChI is InChI=1S/C29H40N4/c1-22-10-11-28(23(2)18-22)33-16-14-32(15-17-33)13-12-30-20-24-19-27(31-21-24)25-8-6-7-9-26(25)29(3,4)5/h6-11,18-19,30H,12-17,20-21H2,1-5H3. The molecule has 1 fully saturated rings. The Morgan fingerprint density at radius 3 is 2.45 bits per heavy atom. The molecule has 0 atom stereocenters. The molecule has 0 aliphatic carbocycles. The Balaban J connectivity index is 1.21. The number of aryl methyl sites for hydroxylation is 2. The number of aliphatic imine (C=N–C) groups is 1. The minimum atomic E-state index is 0.121. The molecular weight excluding hydrogens is 404 g/mol. The highest BCUT2D eigenvalue weighted by molar-refractivity contribution is 6.11. The average Bonchev–Trinajstić information content (AvgIpc) is 3.26. The maximum atomic E-state index is 4.85. The molecule has 0 saturated carbocycles. The summed E-state index contributed by atoms with van der Waals surface area (Å²) in [6.07, 6.45) is 2.29. The van der Waals surface area contributed by atoms with Gasteiger partial charge in [0, 0.05) is 57.1 Å². The minimum Gasteiger partial charge on any atom is -0.369 e. The number of allylic oxidation sites excluding steroid dienone is 1. The van der Waals surface area contributed by atoms with Gasteiger partial charge in [0.1, 0.15) is 0 Å². The molecule has 0 bridgehead atoms. The van der Waals surface area contributed by atoms with Crippen molar-refractivity contribution in [3.63, 3.8) is 0 Å². The zero-order valence-electron chi connectivity index (χ0n) is 21.1. The third-order valence-electron chi connectivity index (χ3n) is 6.83. The van der Waals surface area contributed by atoms with Gasteiger partial charge in [-0.2, -0.15) is 0 Å². The predicted octanol–water partition coefficient (Wildman–Crippen LogP) is 4.74. The van der Waals surface area contributed by atoms with Crippen LogP contribution in [0.3, 0.4) is 0 Å². The molecule has 2 aromatic carbocycles. The fourth-order valence-electron chi connectivity index (χ4n) is 4.96. The van der Waals surface area contributed by atoms with E-state index in [2.05, 4.69) is 98.3 Å². The van der Waals surface area contributed by atoms with Gasteiger partial charge in [0.05, 0.1) is 12.3 Å². The van der Waals surface area contributed by atoms with Crippen molar-refractivity contribution in [1.29, 1.82) is 0 Å². The molecule has 176 valence electrons. The van der Waals surface area contributed by atoms with Crippen LogP contribution in [-0.2, 0) is 5.41 Å². The average molecular weight is 445 g/mol. The van der Waals surface area contributed by atoms with Crippen molar-refractivity contribution < 1.29 is 0 Å². The van der Waals surface area contributed by atoms with E-state index in [1.165, 1.54) is 33.5 Å². The van der Waals surface area contributed by atoms with E-state index >= 15 is 0 Å². The van der Waals surface area contributed by atoms with Crippen LogP contribution in [0.4, 0.5) is 5.69 Å². The summed E-state index contributed by atoms with van der Waals surface area (Å²) < 4.78 is 0. The van der Waals surface area contributed by atoms with Crippen molar-refractivity contribution in [3.05, 3.63) is 76.4 Å². The lowest BCUT2D eigenvalue weighted by Crippen LogP contribution is -2.48. The normalized spacial score (nSPS) is 17.3. The molecule has 0 unspecified atom stereocenters. The van der Waals surface area contributed by atoms with Crippen LogP contribution in [0, 0.1) is 13.8 Å². The van der Waals surface area contributed by atoms with Crippen LogP contribution in [0.5, 0.6) is 0 Å². The van der Waals surface area contributed by atoms with Gasteiger partial charge in [0.2, 0.25) is 0 Å². The van der Waals surface area contributed by atoms with E-state index in [0.29, 0.717) is 0 Å². The van der Waals surface area contributed by atoms with Crippen LogP contribution in [-0.4, -0.2) is 63.0 Å². The quantitative estimate of drug-likeness (QED) is 0.626. The lowest BCUT2D eigenvalue weighted by molar-refractivity contribution is 0.258. The second-order valence-corrected chi connectivity index (χ2v) is 10.6. The van der Waals surface area contributed by atoms with Crippen molar-refractivity contribution in [2.75, 3.05) is 57.3 Å². The molecule has 2 aliphatic rings. The second-order valence-electron chi connectivity index (χ2n) is 10.6. The van der Waals surface area contributed by atoms with Gasteiger partial charge in [-0.3, -0.25) is 9.89 Å². The van der Waals surface area contributed by atoms with Crippen molar-refractivity contribution in [1.82, 2.24) is 10.2 Å². The van der Waals surface area contributed by atoms with Crippen LogP contribution in [0.2, 0.25) is 0 Å². The highest BCUT2D eigenvalue weighted by atomic mass is 15.3. The maximum absolute atomic E-state index is 4.85. The Kier molecular flexibility index (Phi) is 7.35. The fraction of sp³-hybridized carbons (Fsp3) is 0.483. The topological polar surface area (TPSA) is 30.9 Å². The molecule has 2 heterocycles. The third kappa shape index (κ3) is 5.93. The lowest BCUT2D eigenvalue weighted by atomic mass is 9.82. The van der Waals surface area contributed by atoms with Crippen LogP contribution < -0.4 is 10.2 Å². The number of nitrogens with zero attached hydrogens (tertiary/aromatic N) is 3. The summed E-state index contributed by atoms with van der Waals surface area (Å²) in [5.74, 6) is 0. The number of piperazine rings is 1. The van der Waals surface area contributed by atoms with E-state index in [4.69, 9.17) is 4.99 Å². The number of anilines is 1. The lowest BCUT2D eigenvalue weighted by Gasteiger charge is -2.37. The zero-order valence-corrected chi connectivity index (χ0v) is 21.1. The third-order valence-corrected chi connectivity index (χ3v) is 6.83. The Morgan fingerprint density at radius 2 is 1.73 bits per heavy atom. The van der Waals surface area contributed by atoms with E-state index in [1.807, 2.05) is 0 Å². The molecule has 33 heavy (non-hydrogen) atoms. The Hall–Kier alpha value is -2.43. The van der Waals surface area contributed by atoms with Crippen LogP contribution in [0.1, 0.15) is 43.0 Å². The molecule has 2 aromatic rings. The summed E-state index contributed by atoms with van der Waals surface area (Å²) in [6.45, 7) is 19.6. The molecule has 4 heteroatoms. The van der Waals surface area contributed by atoms with E-state index < -0.39 is 0 Å². The molecule has 0 radical (unpaired) electrons. The largest absolute Gasteiger partial charge is 0.369 e. The van der Waals surface area contributed by atoms with Gasteiger partial charge in [-0.15, -0.1) is 0 Å². The number of hydrogen-bond acceptors (Lipinski definition) is 4. The Labute approximate surface area is 200 Å². The molecule has 1 saturated heterocycles. The van der Waals surface area contributed by atoms with Gasteiger partial charge < -0.3 is 10.2 Å². The van der Waals surface area contributed by atoms with Crippen LogP contribution in [0.25, 0.3) is 0 Å². The molecule has 4 rings (SSSR count).